The van der Waals surface area contributed by atoms with Crippen LogP contribution in [0.15, 0.2) is 11.3 Å². The molecular formula is C8H11ClN6O2S. The minimum atomic E-state index is -0.791. The van der Waals surface area contributed by atoms with Crippen LogP contribution in [0, 0.1) is 10.1 Å². The van der Waals surface area contributed by atoms with Gasteiger partial charge in [-0.25, -0.2) is 15.1 Å². The van der Waals surface area contributed by atoms with Crippen LogP contribution in [0.25, 0.3) is 0 Å². The minimum absolute atomic E-state index is 0.0650. The van der Waals surface area contributed by atoms with Gasteiger partial charge in [0.15, 0.2) is 9.50 Å². The van der Waals surface area contributed by atoms with Gasteiger partial charge in [0.25, 0.3) is 5.96 Å². The van der Waals surface area contributed by atoms with Crippen molar-refractivity contribution in [2.45, 2.75) is 6.54 Å². The molecule has 1 aliphatic heterocycles. The predicted molar refractivity (Wildman–Crippen MR) is 67.7 cm³/mol. The summed E-state index contributed by atoms with van der Waals surface area (Å²) in [5.74, 6) is -0.0650. The zero-order chi connectivity index (χ0) is 13.1. The van der Waals surface area contributed by atoms with Crippen molar-refractivity contribution < 1.29 is 5.03 Å². The Labute approximate surface area is 112 Å². The molecule has 98 valence electrons. The van der Waals surface area contributed by atoms with E-state index in [1.807, 2.05) is 0 Å². The first-order chi connectivity index (χ1) is 8.54. The van der Waals surface area contributed by atoms with Crippen molar-refractivity contribution in [2.75, 3.05) is 19.8 Å². The molecule has 18 heavy (non-hydrogen) atoms. The second-order valence-corrected chi connectivity index (χ2v) is 5.43. The number of nitrogens with two attached hydrogens (primary N) is 1. The number of hydrogen-bond donors (Lipinski definition) is 1. The summed E-state index contributed by atoms with van der Waals surface area (Å²) in [7, 11) is 0. The van der Waals surface area contributed by atoms with Gasteiger partial charge in [0.2, 0.25) is 0 Å². The molecule has 1 saturated heterocycles. The van der Waals surface area contributed by atoms with Crippen molar-refractivity contribution in [1.82, 2.24) is 14.8 Å². The molecule has 0 atom stereocenters. The van der Waals surface area contributed by atoms with Gasteiger partial charge in [0.1, 0.15) is 5.10 Å². The Morgan fingerprint density at radius 2 is 2.50 bits per heavy atom. The van der Waals surface area contributed by atoms with Gasteiger partial charge < -0.3 is 10.6 Å². The Balaban J connectivity index is 1.90. The van der Waals surface area contributed by atoms with Crippen LogP contribution in [-0.4, -0.2) is 45.5 Å². The summed E-state index contributed by atoms with van der Waals surface area (Å²) in [5, 5.41) is 12.5. The highest BCUT2D eigenvalue weighted by molar-refractivity contribution is 7.15. The first kappa shape index (κ1) is 13.0. The first-order valence-corrected chi connectivity index (χ1v) is 6.30. The number of thiazole rings is 1. The molecule has 8 nitrogen and oxygen atoms in total. The summed E-state index contributed by atoms with van der Waals surface area (Å²) >= 11 is 7.17. The largest absolute Gasteiger partial charge is 0.364 e. The number of halogens is 1. The van der Waals surface area contributed by atoms with Crippen LogP contribution in [-0.2, 0) is 6.54 Å². The van der Waals surface area contributed by atoms with E-state index in [0.29, 0.717) is 24.2 Å². The van der Waals surface area contributed by atoms with Gasteiger partial charge in [-0.1, -0.05) is 11.6 Å². The average Bonchev–Trinajstić information content (AvgIpc) is 2.87. The Bertz CT molecular complexity index is 478. The number of guanidine groups is 1. The van der Waals surface area contributed by atoms with Crippen LogP contribution in [0.2, 0.25) is 4.47 Å². The maximum atomic E-state index is 10.2. The molecule has 0 unspecified atom stereocenters. The van der Waals surface area contributed by atoms with Crippen molar-refractivity contribution in [3.05, 3.63) is 25.7 Å². The number of hydrogen-bond acceptors (Lipinski definition) is 5. The van der Waals surface area contributed by atoms with E-state index >= 15 is 0 Å². The first-order valence-electron chi connectivity index (χ1n) is 5.10. The van der Waals surface area contributed by atoms with E-state index in [1.165, 1.54) is 11.3 Å². The summed E-state index contributed by atoms with van der Waals surface area (Å²) < 4.78 is 0.510. The van der Waals surface area contributed by atoms with Gasteiger partial charge in [0, 0.05) is 30.7 Å². The monoisotopic (exact) mass is 290 g/mol. The zero-order valence-electron chi connectivity index (χ0n) is 9.32. The molecule has 1 aliphatic rings. The second kappa shape index (κ2) is 5.46. The number of nitro groups is 1. The predicted octanol–water partition coefficient (Wildman–Crippen LogP) is 0.378. The van der Waals surface area contributed by atoms with Crippen LogP contribution >= 0.6 is 22.9 Å². The smallest absolute Gasteiger partial charge is 0.269 e. The standard InChI is InChI=1S/C8H11ClN6O2S/c9-7-11-3-6(18-7)4-13-1-2-14(5-13)8(10)12-15(16)17/h3H,1-2,4-5H2,(H2,10,12). The third-order valence-corrected chi connectivity index (χ3v) is 3.57. The molecule has 0 spiro atoms. The molecule has 0 saturated carbocycles. The fraction of sp³-hybridized carbons (Fsp3) is 0.500. The fourth-order valence-electron chi connectivity index (χ4n) is 1.69. The lowest BCUT2D eigenvalue weighted by Crippen LogP contribution is -2.37. The lowest BCUT2D eigenvalue weighted by molar-refractivity contribution is -0.485. The molecule has 0 aromatic carbocycles. The van der Waals surface area contributed by atoms with E-state index in [2.05, 4.69) is 15.0 Å². The minimum Gasteiger partial charge on any atom is -0.364 e. The summed E-state index contributed by atoms with van der Waals surface area (Å²) in [6.45, 7) is 2.60. The molecule has 1 fully saturated rings. The zero-order valence-corrected chi connectivity index (χ0v) is 10.9. The Morgan fingerprint density at radius 1 is 1.72 bits per heavy atom. The van der Waals surface area contributed by atoms with Crippen molar-refractivity contribution >= 4 is 28.9 Å². The Kier molecular flexibility index (Phi) is 3.94. The number of nitrogens with zero attached hydrogens (tertiary/aromatic N) is 5. The summed E-state index contributed by atoms with van der Waals surface area (Å²) in [6.07, 6.45) is 1.73. The van der Waals surface area contributed by atoms with Crippen molar-refractivity contribution in [1.29, 1.82) is 0 Å². The molecule has 10 heteroatoms. The highest BCUT2D eigenvalue weighted by Gasteiger charge is 2.23. The van der Waals surface area contributed by atoms with Gasteiger partial charge in [-0.2, -0.15) is 0 Å². The van der Waals surface area contributed by atoms with E-state index < -0.39 is 5.03 Å². The lowest BCUT2D eigenvalue weighted by Gasteiger charge is -2.16. The maximum Gasteiger partial charge on any atom is 0.269 e. The Hall–Kier alpha value is -1.45. The van der Waals surface area contributed by atoms with E-state index in [0.717, 1.165) is 11.4 Å². The van der Waals surface area contributed by atoms with Crippen molar-refractivity contribution in [2.24, 2.45) is 10.8 Å². The summed E-state index contributed by atoms with van der Waals surface area (Å²) in [4.78, 5) is 19.0. The summed E-state index contributed by atoms with van der Waals surface area (Å²) in [6, 6.07) is 0. The molecule has 2 heterocycles. The quantitative estimate of drug-likeness (QED) is 0.374. The molecule has 0 amide bonds. The highest BCUT2D eigenvalue weighted by Crippen LogP contribution is 2.20. The second-order valence-electron chi connectivity index (χ2n) is 3.73. The molecule has 0 aliphatic carbocycles. The molecule has 0 bridgehead atoms. The van der Waals surface area contributed by atoms with Gasteiger partial charge in [-0.05, 0) is 0 Å². The van der Waals surface area contributed by atoms with Crippen LogP contribution < -0.4 is 5.73 Å². The van der Waals surface area contributed by atoms with Crippen LogP contribution in [0.5, 0.6) is 0 Å². The number of aromatic nitrogens is 1. The molecule has 2 rings (SSSR count). The van der Waals surface area contributed by atoms with Crippen molar-refractivity contribution in [3.63, 3.8) is 0 Å². The molecular weight excluding hydrogens is 280 g/mol. The molecule has 0 radical (unpaired) electrons. The van der Waals surface area contributed by atoms with E-state index in [4.69, 9.17) is 17.3 Å². The number of hydrazone groups is 1. The topological polar surface area (TPSA) is 101 Å². The lowest BCUT2D eigenvalue weighted by atomic mass is 10.5. The fourth-order valence-corrected chi connectivity index (χ4v) is 2.71. The molecule has 2 N–H and O–H groups in total. The normalized spacial score (nSPS) is 17.4. The SMILES string of the molecule is NC(=N[N+](=O)[O-])N1CCN(Cc2cnc(Cl)s2)C1. The van der Waals surface area contributed by atoms with Crippen LogP contribution in [0.3, 0.4) is 0 Å². The van der Waals surface area contributed by atoms with Gasteiger partial charge >= 0.3 is 0 Å². The van der Waals surface area contributed by atoms with E-state index in [-0.39, 0.29) is 5.96 Å². The van der Waals surface area contributed by atoms with Crippen LogP contribution in [0.4, 0.5) is 0 Å². The maximum absolute atomic E-state index is 10.2. The van der Waals surface area contributed by atoms with Gasteiger partial charge in [-0.3, -0.25) is 4.90 Å². The summed E-state index contributed by atoms with van der Waals surface area (Å²) in [5.41, 5.74) is 5.52. The van der Waals surface area contributed by atoms with Gasteiger partial charge in [-0.15, -0.1) is 11.3 Å². The van der Waals surface area contributed by atoms with Crippen LogP contribution in [0.1, 0.15) is 4.88 Å². The third-order valence-electron chi connectivity index (χ3n) is 2.47. The molecule has 1 aromatic rings. The van der Waals surface area contributed by atoms with E-state index in [9.17, 15) is 10.1 Å². The number of rotatable bonds is 3. The average molecular weight is 291 g/mol. The Morgan fingerprint density at radius 3 is 3.11 bits per heavy atom. The third kappa shape index (κ3) is 3.28. The van der Waals surface area contributed by atoms with E-state index in [1.54, 1.807) is 11.1 Å². The van der Waals surface area contributed by atoms with Gasteiger partial charge in [0.05, 0.1) is 6.67 Å². The van der Waals surface area contributed by atoms with Crippen molar-refractivity contribution in [3.8, 4) is 0 Å². The highest BCUT2D eigenvalue weighted by atomic mass is 35.5. The molecule has 1 aromatic heterocycles.